The average Bonchev–Trinajstić information content (AvgIpc) is 2.75. The molecule has 2 aromatic carbocycles. The molecule has 0 radical (unpaired) electrons. The van der Waals surface area contributed by atoms with Gasteiger partial charge in [-0.25, -0.2) is 0 Å². The zero-order valence-corrected chi connectivity index (χ0v) is 17.5. The Kier molecular flexibility index (Phi) is 6.26. The molecule has 1 N–H and O–H groups in total. The number of fused-ring (bicyclic) bond motifs is 1. The van der Waals surface area contributed by atoms with Gasteiger partial charge in [0.2, 0.25) is 5.91 Å². The van der Waals surface area contributed by atoms with Crippen LogP contribution in [0.2, 0.25) is 5.02 Å². The van der Waals surface area contributed by atoms with Crippen LogP contribution in [0, 0.1) is 0 Å². The summed E-state index contributed by atoms with van der Waals surface area (Å²) in [5, 5.41) is 3.37. The number of amides is 1. The molecular formula is C23H27ClN2O3. The molecule has 4 rings (SSSR count). The Balaban J connectivity index is 1.30. The Hall–Kier alpha value is -2.24. The molecule has 1 heterocycles. The molecule has 0 bridgehead atoms. The molecule has 29 heavy (non-hydrogen) atoms. The van der Waals surface area contributed by atoms with Gasteiger partial charge in [0.25, 0.3) is 0 Å². The van der Waals surface area contributed by atoms with Gasteiger partial charge in [0.1, 0.15) is 13.2 Å². The second kappa shape index (κ2) is 9.06. The number of nitrogens with one attached hydrogen (secondary N) is 1. The van der Waals surface area contributed by atoms with Gasteiger partial charge in [-0.1, -0.05) is 41.9 Å². The monoisotopic (exact) mass is 414 g/mol. The molecule has 1 saturated carbocycles. The normalized spacial score (nSPS) is 21.1. The van der Waals surface area contributed by atoms with Crippen LogP contribution in [-0.2, 0) is 4.79 Å². The quantitative estimate of drug-likeness (QED) is 0.769. The summed E-state index contributed by atoms with van der Waals surface area (Å²) in [7, 11) is 2.03. The minimum Gasteiger partial charge on any atom is -0.486 e. The molecule has 0 saturated heterocycles. The van der Waals surface area contributed by atoms with Crippen LogP contribution in [0.1, 0.15) is 37.2 Å². The molecule has 1 amide bonds. The molecule has 5 nitrogen and oxygen atoms in total. The average molecular weight is 415 g/mol. The van der Waals surface area contributed by atoms with Crippen LogP contribution in [0.3, 0.4) is 0 Å². The van der Waals surface area contributed by atoms with Gasteiger partial charge >= 0.3 is 0 Å². The van der Waals surface area contributed by atoms with E-state index in [-0.39, 0.29) is 5.91 Å². The van der Waals surface area contributed by atoms with Crippen molar-refractivity contribution in [1.82, 2.24) is 4.90 Å². The maximum absolute atomic E-state index is 12.6. The molecule has 0 atom stereocenters. The Labute approximate surface area is 176 Å². The lowest BCUT2D eigenvalue weighted by atomic mass is 9.81. The zero-order chi connectivity index (χ0) is 20.2. The summed E-state index contributed by atoms with van der Waals surface area (Å²) in [5.41, 5.74) is 1.99. The second-order valence-electron chi connectivity index (χ2n) is 7.86. The van der Waals surface area contributed by atoms with E-state index in [0.29, 0.717) is 53.9 Å². The summed E-state index contributed by atoms with van der Waals surface area (Å²) in [4.78, 5) is 14.7. The molecule has 6 heteroatoms. The standard InChI is InChI=1S/C23H27ClN2O3/c1-26(18-9-7-17(8-10-18)16-5-3-2-4-6-16)15-23(27)25-20-14-22-21(13-19(20)24)28-11-12-29-22/h2-6,13-14,17-18H,7-12,15H2,1H3,(H,25,27). The molecule has 1 fully saturated rings. The first kappa shape index (κ1) is 20.0. The number of likely N-dealkylation sites (N-methyl/N-ethyl adjacent to an activating group) is 1. The number of carbonyl (C=O) groups excluding carboxylic acids is 1. The predicted octanol–water partition coefficient (Wildman–Crippen LogP) is 4.71. The fraction of sp³-hybridized carbons (Fsp3) is 0.435. The highest BCUT2D eigenvalue weighted by Gasteiger charge is 2.26. The van der Waals surface area contributed by atoms with Crippen LogP contribution in [-0.4, -0.2) is 43.7 Å². The van der Waals surface area contributed by atoms with Crippen molar-refractivity contribution in [2.75, 3.05) is 32.1 Å². The summed E-state index contributed by atoms with van der Waals surface area (Å²) in [6, 6.07) is 14.6. The van der Waals surface area contributed by atoms with Gasteiger partial charge in [-0.2, -0.15) is 0 Å². The number of anilines is 1. The molecule has 1 aliphatic heterocycles. The number of carbonyl (C=O) groups is 1. The van der Waals surface area contributed by atoms with Crippen molar-refractivity contribution >= 4 is 23.2 Å². The first-order valence-corrected chi connectivity index (χ1v) is 10.6. The van der Waals surface area contributed by atoms with E-state index in [1.165, 1.54) is 5.56 Å². The van der Waals surface area contributed by atoms with Crippen LogP contribution < -0.4 is 14.8 Å². The minimum absolute atomic E-state index is 0.0729. The van der Waals surface area contributed by atoms with Crippen LogP contribution >= 0.6 is 11.6 Å². The van der Waals surface area contributed by atoms with Crippen molar-refractivity contribution < 1.29 is 14.3 Å². The van der Waals surface area contributed by atoms with E-state index in [2.05, 4.69) is 40.5 Å². The lowest BCUT2D eigenvalue weighted by molar-refractivity contribution is -0.117. The highest BCUT2D eigenvalue weighted by atomic mass is 35.5. The van der Waals surface area contributed by atoms with Crippen molar-refractivity contribution in [3.8, 4) is 11.5 Å². The van der Waals surface area contributed by atoms with E-state index in [9.17, 15) is 4.79 Å². The summed E-state index contributed by atoms with van der Waals surface area (Å²) >= 11 is 6.30. The van der Waals surface area contributed by atoms with Crippen LogP contribution in [0.15, 0.2) is 42.5 Å². The van der Waals surface area contributed by atoms with E-state index in [1.807, 2.05) is 7.05 Å². The molecule has 0 spiro atoms. The Morgan fingerprint density at radius 1 is 1.07 bits per heavy atom. The van der Waals surface area contributed by atoms with Crippen molar-refractivity contribution in [3.63, 3.8) is 0 Å². The topological polar surface area (TPSA) is 50.8 Å². The summed E-state index contributed by atoms with van der Waals surface area (Å²) in [6.45, 7) is 1.34. The first-order valence-electron chi connectivity index (χ1n) is 10.2. The third-order valence-corrected chi connectivity index (χ3v) is 6.20. The largest absolute Gasteiger partial charge is 0.486 e. The maximum atomic E-state index is 12.6. The maximum Gasteiger partial charge on any atom is 0.238 e. The number of hydrogen-bond donors (Lipinski definition) is 1. The van der Waals surface area contributed by atoms with Crippen molar-refractivity contribution in [3.05, 3.63) is 53.1 Å². The Morgan fingerprint density at radius 2 is 1.72 bits per heavy atom. The molecule has 0 aromatic heterocycles. The molecule has 2 aliphatic rings. The van der Waals surface area contributed by atoms with E-state index in [4.69, 9.17) is 21.1 Å². The van der Waals surface area contributed by atoms with Crippen molar-refractivity contribution in [2.24, 2.45) is 0 Å². The van der Waals surface area contributed by atoms with Gasteiger partial charge in [0.05, 0.1) is 17.3 Å². The third kappa shape index (κ3) is 4.85. The summed E-state index contributed by atoms with van der Waals surface area (Å²) in [5.74, 6) is 1.79. The summed E-state index contributed by atoms with van der Waals surface area (Å²) < 4.78 is 11.1. The predicted molar refractivity (Wildman–Crippen MR) is 115 cm³/mol. The fourth-order valence-corrected chi connectivity index (χ4v) is 4.48. The lowest BCUT2D eigenvalue weighted by Crippen LogP contribution is -2.39. The lowest BCUT2D eigenvalue weighted by Gasteiger charge is -2.34. The highest BCUT2D eigenvalue weighted by Crippen LogP contribution is 2.38. The number of ether oxygens (including phenoxy) is 2. The second-order valence-corrected chi connectivity index (χ2v) is 8.26. The highest BCUT2D eigenvalue weighted by molar-refractivity contribution is 6.34. The van der Waals surface area contributed by atoms with E-state index in [0.717, 1.165) is 25.7 Å². The van der Waals surface area contributed by atoms with E-state index >= 15 is 0 Å². The number of halogens is 1. The summed E-state index contributed by atoms with van der Waals surface area (Å²) in [6.07, 6.45) is 4.53. The Bertz CT molecular complexity index is 851. The van der Waals surface area contributed by atoms with E-state index in [1.54, 1.807) is 12.1 Å². The number of nitrogens with zero attached hydrogens (tertiary/aromatic N) is 1. The number of hydrogen-bond acceptors (Lipinski definition) is 4. The fourth-order valence-electron chi connectivity index (χ4n) is 4.28. The van der Waals surface area contributed by atoms with Gasteiger partial charge in [-0.15, -0.1) is 0 Å². The molecule has 1 aliphatic carbocycles. The van der Waals surface area contributed by atoms with Crippen LogP contribution in [0.4, 0.5) is 5.69 Å². The molecule has 2 aromatic rings. The minimum atomic E-state index is -0.0729. The molecule has 154 valence electrons. The van der Waals surface area contributed by atoms with Gasteiger partial charge < -0.3 is 14.8 Å². The van der Waals surface area contributed by atoms with Gasteiger partial charge in [-0.3, -0.25) is 9.69 Å². The first-order chi connectivity index (χ1) is 14.1. The number of rotatable bonds is 5. The third-order valence-electron chi connectivity index (χ3n) is 5.89. The van der Waals surface area contributed by atoms with E-state index < -0.39 is 0 Å². The zero-order valence-electron chi connectivity index (χ0n) is 16.7. The van der Waals surface area contributed by atoms with Crippen molar-refractivity contribution in [1.29, 1.82) is 0 Å². The number of benzene rings is 2. The van der Waals surface area contributed by atoms with Crippen LogP contribution in [0.5, 0.6) is 11.5 Å². The Morgan fingerprint density at radius 3 is 2.41 bits per heavy atom. The SMILES string of the molecule is CN(CC(=O)Nc1cc2c(cc1Cl)OCCO2)C1CCC(c2ccccc2)CC1. The molecule has 0 unspecified atom stereocenters. The van der Waals surface area contributed by atoms with Gasteiger partial charge in [-0.05, 0) is 44.2 Å². The smallest absolute Gasteiger partial charge is 0.238 e. The van der Waals surface area contributed by atoms with Crippen LogP contribution in [0.25, 0.3) is 0 Å². The van der Waals surface area contributed by atoms with Crippen molar-refractivity contribution in [2.45, 2.75) is 37.6 Å². The van der Waals surface area contributed by atoms with Gasteiger partial charge in [0, 0.05) is 18.2 Å². The van der Waals surface area contributed by atoms with Gasteiger partial charge in [0.15, 0.2) is 11.5 Å². The molecular weight excluding hydrogens is 388 g/mol.